The molecule has 1 N–H and O–H groups in total. The van der Waals surface area contributed by atoms with Gasteiger partial charge in [-0.25, -0.2) is 8.42 Å². The fourth-order valence-corrected chi connectivity index (χ4v) is 5.92. The number of carbonyl (C=O) groups excluding carboxylic acids is 2. The molecule has 1 aromatic carbocycles. The molecule has 7 heteroatoms. The Bertz CT molecular complexity index is 854. The normalized spacial score (nSPS) is 28.9. The average Bonchev–Trinajstić information content (AvgIpc) is 3.11. The predicted octanol–water partition coefficient (Wildman–Crippen LogP) is 0.992. The zero-order valence-corrected chi connectivity index (χ0v) is 13.9. The van der Waals surface area contributed by atoms with Crippen LogP contribution in [0.25, 0.3) is 0 Å². The van der Waals surface area contributed by atoms with Crippen molar-refractivity contribution in [2.75, 3.05) is 7.11 Å². The van der Waals surface area contributed by atoms with E-state index in [1.807, 2.05) is 0 Å². The SMILES string of the molecule is C=C=C1CC(C(=O)OC)(S(=O)(=O)c2ccccc2)[C@H]2CC(=O)N[C@@H]12. The zero-order valence-electron chi connectivity index (χ0n) is 13.1. The van der Waals surface area contributed by atoms with Crippen LogP contribution in [0.4, 0.5) is 0 Å². The molecular formula is C17H17NO5S. The summed E-state index contributed by atoms with van der Waals surface area (Å²) in [7, 11) is -2.94. The second-order valence-electron chi connectivity index (χ2n) is 5.93. The molecule has 3 rings (SSSR count). The Labute approximate surface area is 140 Å². The fraction of sp³-hybridized carbons (Fsp3) is 0.353. The van der Waals surface area contributed by atoms with E-state index in [0.717, 1.165) is 7.11 Å². The van der Waals surface area contributed by atoms with Gasteiger partial charge >= 0.3 is 5.97 Å². The molecule has 24 heavy (non-hydrogen) atoms. The van der Waals surface area contributed by atoms with E-state index in [9.17, 15) is 18.0 Å². The first kappa shape index (κ1) is 16.5. The van der Waals surface area contributed by atoms with Crippen LogP contribution in [-0.4, -0.2) is 38.2 Å². The van der Waals surface area contributed by atoms with Crippen LogP contribution < -0.4 is 5.32 Å². The Morgan fingerprint density at radius 1 is 1.38 bits per heavy atom. The third kappa shape index (κ3) is 2.05. The molecule has 1 aromatic rings. The van der Waals surface area contributed by atoms with Crippen LogP contribution in [0.1, 0.15) is 12.8 Å². The van der Waals surface area contributed by atoms with Crippen molar-refractivity contribution in [2.45, 2.75) is 28.5 Å². The summed E-state index contributed by atoms with van der Waals surface area (Å²) in [6, 6.07) is 7.19. The van der Waals surface area contributed by atoms with Crippen molar-refractivity contribution in [1.82, 2.24) is 5.32 Å². The van der Waals surface area contributed by atoms with E-state index in [-0.39, 0.29) is 23.6 Å². The van der Waals surface area contributed by atoms with Crippen LogP contribution in [-0.2, 0) is 24.2 Å². The number of methoxy groups -OCH3 is 1. The van der Waals surface area contributed by atoms with Crippen LogP contribution >= 0.6 is 0 Å². The Hall–Kier alpha value is -2.37. The maximum Gasteiger partial charge on any atom is 0.328 e. The first-order valence-electron chi connectivity index (χ1n) is 7.44. The molecule has 1 heterocycles. The molecular weight excluding hydrogens is 330 g/mol. The molecule has 0 bridgehead atoms. The van der Waals surface area contributed by atoms with Crippen molar-refractivity contribution in [3.05, 3.63) is 48.2 Å². The van der Waals surface area contributed by atoms with E-state index in [4.69, 9.17) is 4.74 Å². The Morgan fingerprint density at radius 2 is 2.04 bits per heavy atom. The Morgan fingerprint density at radius 3 is 2.62 bits per heavy atom. The summed E-state index contributed by atoms with van der Waals surface area (Å²) >= 11 is 0. The van der Waals surface area contributed by atoms with Crippen LogP contribution in [0, 0.1) is 5.92 Å². The molecule has 3 atom stereocenters. The summed E-state index contributed by atoms with van der Waals surface area (Å²) in [5.74, 6) is -1.90. The van der Waals surface area contributed by atoms with Gasteiger partial charge in [-0.2, -0.15) is 0 Å². The molecule has 1 aliphatic carbocycles. The van der Waals surface area contributed by atoms with E-state index < -0.39 is 32.5 Å². The molecule has 126 valence electrons. The van der Waals surface area contributed by atoms with Gasteiger partial charge in [0.1, 0.15) is 0 Å². The molecule has 1 unspecified atom stereocenters. The number of esters is 1. The highest BCUT2D eigenvalue weighted by molar-refractivity contribution is 7.93. The first-order chi connectivity index (χ1) is 11.4. The van der Waals surface area contributed by atoms with E-state index >= 15 is 0 Å². The highest BCUT2D eigenvalue weighted by Crippen LogP contribution is 2.51. The molecule has 1 saturated carbocycles. The number of amides is 1. The number of hydrogen-bond donors (Lipinski definition) is 1. The van der Waals surface area contributed by atoms with Gasteiger partial charge in [0, 0.05) is 18.8 Å². The highest BCUT2D eigenvalue weighted by atomic mass is 32.2. The lowest BCUT2D eigenvalue weighted by Crippen LogP contribution is -2.51. The van der Waals surface area contributed by atoms with Gasteiger partial charge < -0.3 is 10.1 Å². The molecule has 0 aromatic heterocycles. The van der Waals surface area contributed by atoms with E-state index in [1.54, 1.807) is 18.2 Å². The van der Waals surface area contributed by atoms with Crippen molar-refractivity contribution < 1.29 is 22.7 Å². The lowest BCUT2D eigenvalue weighted by atomic mass is 9.92. The van der Waals surface area contributed by atoms with Gasteiger partial charge in [-0.15, -0.1) is 5.73 Å². The van der Waals surface area contributed by atoms with E-state index in [0.29, 0.717) is 5.57 Å². The van der Waals surface area contributed by atoms with Gasteiger partial charge in [-0.05, 0) is 17.7 Å². The summed E-state index contributed by atoms with van der Waals surface area (Å²) in [6.07, 6.45) is -0.146. The minimum Gasteiger partial charge on any atom is -0.468 e. The summed E-state index contributed by atoms with van der Waals surface area (Å²) in [5, 5.41) is 2.72. The number of fused-ring (bicyclic) bond motifs is 1. The zero-order chi connectivity index (χ0) is 17.5. The molecule has 1 aliphatic heterocycles. The van der Waals surface area contributed by atoms with Crippen molar-refractivity contribution in [3.63, 3.8) is 0 Å². The number of hydrogen-bond acceptors (Lipinski definition) is 5. The monoisotopic (exact) mass is 347 g/mol. The lowest BCUT2D eigenvalue weighted by molar-refractivity contribution is -0.144. The van der Waals surface area contributed by atoms with Crippen molar-refractivity contribution in [1.29, 1.82) is 0 Å². The van der Waals surface area contributed by atoms with Crippen LogP contribution in [0.15, 0.2) is 53.1 Å². The Kier molecular flexibility index (Phi) is 3.86. The minimum atomic E-state index is -4.09. The summed E-state index contributed by atoms with van der Waals surface area (Å²) in [6.45, 7) is 3.57. The number of rotatable bonds is 3. The maximum atomic E-state index is 13.4. The summed E-state index contributed by atoms with van der Waals surface area (Å²) in [5.41, 5.74) is 3.20. The number of sulfone groups is 1. The van der Waals surface area contributed by atoms with Gasteiger partial charge in [0.05, 0.1) is 18.0 Å². The second kappa shape index (κ2) is 5.61. The second-order valence-corrected chi connectivity index (χ2v) is 8.14. The van der Waals surface area contributed by atoms with E-state index in [2.05, 4.69) is 17.6 Å². The third-order valence-corrected chi connectivity index (χ3v) is 7.31. The van der Waals surface area contributed by atoms with Gasteiger partial charge in [-0.3, -0.25) is 9.59 Å². The van der Waals surface area contributed by atoms with Gasteiger partial charge in [0.25, 0.3) is 0 Å². The molecule has 2 aliphatic rings. The van der Waals surface area contributed by atoms with Crippen molar-refractivity contribution >= 4 is 21.7 Å². The Balaban J connectivity index is 2.26. The number of carbonyl (C=O) groups is 2. The molecule has 1 saturated heterocycles. The number of benzene rings is 1. The van der Waals surface area contributed by atoms with Gasteiger partial charge in [0.15, 0.2) is 14.6 Å². The number of nitrogens with one attached hydrogen (secondary N) is 1. The van der Waals surface area contributed by atoms with Gasteiger partial charge in [0.2, 0.25) is 5.91 Å². The fourth-order valence-electron chi connectivity index (χ4n) is 3.72. The first-order valence-corrected chi connectivity index (χ1v) is 8.93. The summed E-state index contributed by atoms with van der Waals surface area (Å²) < 4.78 is 29.7. The van der Waals surface area contributed by atoms with E-state index in [1.165, 1.54) is 12.1 Å². The molecule has 6 nitrogen and oxygen atoms in total. The largest absolute Gasteiger partial charge is 0.468 e. The smallest absolute Gasteiger partial charge is 0.328 e. The standard InChI is InChI=1S/C17H17NO5S/c1-3-11-10-17(16(20)23-2,13-9-14(19)18-15(11)13)24(21,22)12-7-5-4-6-8-12/h4-8,13,15H,1,9-10H2,2H3,(H,18,19)/t13-,15-,17?/m0/s1. The van der Waals surface area contributed by atoms with Crippen molar-refractivity contribution in [3.8, 4) is 0 Å². The van der Waals surface area contributed by atoms with Crippen LogP contribution in [0.2, 0.25) is 0 Å². The molecule has 2 fully saturated rings. The third-order valence-electron chi connectivity index (χ3n) is 4.84. The van der Waals surface area contributed by atoms with Gasteiger partial charge in [-0.1, -0.05) is 24.8 Å². The predicted molar refractivity (Wildman–Crippen MR) is 85.7 cm³/mol. The van der Waals surface area contributed by atoms with Crippen molar-refractivity contribution in [2.24, 2.45) is 5.92 Å². The van der Waals surface area contributed by atoms with Crippen LogP contribution in [0.3, 0.4) is 0 Å². The minimum absolute atomic E-state index is 0.0267. The topological polar surface area (TPSA) is 89.5 Å². The average molecular weight is 347 g/mol. The maximum absolute atomic E-state index is 13.4. The number of ether oxygens (including phenoxy) is 1. The molecule has 1 amide bonds. The summed E-state index contributed by atoms with van der Waals surface area (Å²) in [4.78, 5) is 24.6. The molecule has 0 radical (unpaired) electrons. The van der Waals surface area contributed by atoms with Crippen LogP contribution in [0.5, 0.6) is 0 Å². The highest BCUT2D eigenvalue weighted by Gasteiger charge is 2.67. The molecule has 0 spiro atoms. The lowest BCUT2D eigenvalue weighted by Gasteiger charge is -2.30. The quantitative estimate of drug-likeness (QED) is 0.651.